The Hall–Kier alpha value is -1.29. The monoisotopic (exact) mass is 476 g/mol. The molecule has 1 heterocycles. The summed E-state index contributed by atoms with van der Waals surface area (Å²) in [6.07, 6.45) is -0.117. The van der Waals surface area contributed by atoms with Crippen LogP contribution in [0.3, 0.4) is 0 Å². The second-order valence-electron chi connectivity index (χ2n) is 7.94. The number of aliphatic hydroxyl groups is 1. The molecule has 2 saturated carbocycles. The third kappa shape index (κ3) is 2.81. The van der Waals surface area contributed by atoms with Gasteiger partial charge >= 0.3 is 0 Å². The Balaban J connectivity index is 1.53. The molecule has 0 aromatic heterocycles. The van der Waals surface area contributed by atoms with Crippen molar-refractivity contribution in [3.05, 3.63) is 32.6 Å². The van der Waals surface area contributed by atoms with Crippen LogP contribution in [0.5, 0.6) is 0 Å². The molecule has 1 aromatic rings. The van der Waals surface area contributed by atoms with Crippen LogP contribution in [-0.4, -0.2) is 52.7 Å². The molecule has 2 aliphatic carbocycles. The lowest BCUT2D eigenvalue weighted by molar-refractivity contribution is -0.125. The Kier molecular flexibility index (Phi) is 4.07. The molecule has 1 spiro atoms. The van der Waals surface area contributed by atoms with Crippen molar-refractivity contribution in [1.82, 2.24) is 10.2 Å². The molecule has 0 saturated heterocycles. The van der Waals surface area contributed by atoms with Gasteiger partial charge in [-0.25, -0.2) is 8.78 Å². The average molecular weight is 476 g/mol. The zero-order valence-electron chi connectivity index (χ0n) is 14.2. The van der Waals surface area contributed by atoms with Gasteiger partial charge in [0.05, 0.1) is 17.6 Å². The van der Waals surface area contributed by atoms with Crippen molar-refractivity contribution in [3.8, 4) is 0 Å². The highest BCUT2D eigenvalue weighted by Crippen LogP contribution is 2.55. The summed E-state index contributed by atoms with van der Waals surface area (Å²) >= 11 is 1.83. The van der Waals surface area contributed by atoms with E-state index in [1.54, 1.807) is 6.92 Å². The molecule has 3 aliphatic rings. The van der Waals surface area contributed by atoms with Gasteiger partial charge in [-0.05, 0) is 60.9 Å². The first-order valence-electron chi connectivity index (χ1n) is 8.56. The maximum Gasteiger partial charge on any atom is 0.254 e. The van der Waals surface area contributed by atoms with Crippen molar-refractivity contribution in [2.24, 2.45) is 0 Å². The van der Waals surface area contributed by atoms with Crippen molar-refractivity contribution in [2.75, 3.05) is 13.1 Å². The highest BCUT2D eigenvalue weighted by atomic mass is 127. The fourth-order valence-electron chi connectivity index (χ4n) is 4.24. The van der Waals surface area contributed by atoms with Gasteiger partial charge in [0.25, 0.3) is 5.91 Å². The van der Waals surface area contributed by atoms with E-state index < -0.39 is 28.9 Å². The Morgan fingerprint density at radius 3 is 2.65 bits per heavy atom. The van der Waals surface area contributed by atoms with Gasteiger partial charge < -0.3 is 15.3 Å². The zero-order chi connectivity index (χ0) is 18.9. The Bertz CT molecular complexity index is 808. The fourth-order valence-corrected chi connectivity index (χ4v) is 4.69. The van der Waals surface area contributed by atoms with Crippen molar-refractivity contribution in [3.63, 3.8) is 0 Å². The highest BCUT2D eigenvalue weighted by molar-refractivity contribution is 14.1. The van der Waals surface area contributed by atoms with E-state index in [0.29, 0.717) is 16.4 Å². The van der Waals surface area contributed by atoms with E-state index in [9.17, 15) is 23.5 Å². The first kappa shape index (κ1) is 18.1. The molecule has 1 aromatic carbocycles. The predicted molar refractivity (Wildman–Crippen MR) is 98.0 cm³/mol. The van der Waals surface area contributed by atoms with Gasteiger partial charge in [-0.3, -0.25) is 9.59 Å². The number of amides is 2. The molecule has 1 unspecified atom stereocenters. The highest BCUT2D eigenvalue weighted by Gasteiger charge is 2.62. The minimum Gasteiger partial charge on any atom is -0.390 e. The average Bonchev–Trinajstić information content (AvgIpc) is 3.15. The minimum atomic E-state index is -1.21. The summed E-state index contributed by atoms with van der Waals surface area (Å²) in [7, 11) is 0. The number of carbonyl (C=O) groups excluding carboxylic acids is 2. The number of hydrogen-bond acceptors (Lipinski definition) is 3. The molecule has 5 nitrogen and oxygen atoms in total. The number of alkyl halides is 1. The molecule has 2 amide bonds. The summed E-state index contributed by atoms with van der Waals surface area (Å²) in [6.45, 7) is 1.51. The fraction of sp³-hybridized carbons (Fsp3) is 0.556. The summed E-state index contributed by atoms with van der Waals surface area (Å²) in [6, 6.07) is 2.89. The largest absolute Gasteiger partial charge is 0.390 e. The van der Waals surface area contributed by atoms with Gasteiger partial charge in [0.1, 0.15) is 12.0 Å². The van der Waals surface area contributed by atoms with Crippen LogP contribution in [-0.2, 0) is 10.2 Å². The van der Waals surface area contributed by atoms with Gasteiger partial charge in [-0.1, -0.05) is 0 Å². The molecule has 2 fully saturated rings. The van der Waals surface area contributed by atoms with Gasteiger partial charge in [0.2, 0.25) is 5.91 Å². The SMILES string of the molecule is CC1(O)CC(NC(=O)CN2CC3(C[C@H]3F)c3c(ccc(I)c3F)C2=O)C1. The molecule has 2 atom stereocenters. The van der Waals surface area contributed by atoms with E-state index in [1.807, 2.05) is 22.6 Å². The number of halogens is 3. The molecular weight excluding hydrogens is 457 g/mol. The molecule has 0 radical (unpaired) electrons. The normalized spacial score (nSPS) is 35.1. The number of carbonyl (C=O) groups is 2. The number of fused-ring (bicyclic) bond motifs is 2. The molecule has 4 rings (SSSR count). The van der Waals surface area contributed by atoms with Crippen molar-refractivity contribution >= 4 is 34.4 Å². The number of nitrogens with one attached hydrogen (secondary N) is 1. The van der Waals surface area contributed by atoms with Crippen LogP contribution in [0.1, 0.15) is 42.1 Å². The molecule has 0 bridgehead atoms. The number of nitrogens with zero attached hydrogens (tertiary/aromatic N) is 1. The third-order valence-corrected chi connectivity index (χ3v) is 6.47. The van der Waals surface area contributed by atoms with E-state index in [0.717, 1.165) is 0 Å². The number of hydrogen-bond donors (Lipinski definition) is 2. The number of benzene rings is 1. The van der Waals surface area contributed by atoms with Crippen LogP contribution in [0.2, 0.25) is 0 Å². The van der Waals surface area contributed by atoms with Gasteiger partial charge in [-0.2, -0.15) is 0 Å². The van der Waals surface area contributed by atoms with E-state index in [2.05, 4.69) is 5.32 Å². The van der Waals surface area contributed by atoms with Crippen LogP contribution in [0, 0.1) is 9.39 Å². The second kappa shape index (κ2) is 5.85. The summed E-state index contributed by atoms with van der Waals surface area (Å²) in [5, 5.41) is 12.5. The van der Waals surface area contributed by atoms with Gasteiger partial charge in [0, 0.05) is 27.3 Å². The zero-order valence-corrected chi connectivity index (χ0v) is 16.3. The van der Waals surface area contributed by atoms with E-state index in [-0.39, 0.29) is 42.6 Å². The van der Waals surface area contributed by atoms with E-state index in [1.165, 1.54) is 17.0 Å². The summed E-state index contributed by atoms with van der Waals surface area (Å²) in [5.41, 5.74) is -1.48. The Morgan fingerprint density at radius 1 is 1.42 bits per heavy atom. The van der Waals surface area contributed by atoms with E-state index in [4.69, 9.17) is 0 Å². The lowest BCUT2D eigenvalue weighted by Crippen LogP contribution is -2.56. The lowest BCUT2D eigenvalue weighted by Gasteiger charge is -2.41. The molecular formula is C18H19F2IN2O3. The Morgan fingerprint density at radius 2 is 2.08 bits per heavy atom. The minimum absolute atomic E-state index is 0.00676. The molecule has 2 N–H and O–H groups in total. The van der Waals surface area contributed by atoms with Crippen LogP contribution in [0.15, 0.2) is 12.1 Å². The van der Waals surface area contributed by atoms with Crippen LogP contribution in [0.25, 0.3) is 0 Å². The van der Waals surface area contributed by atoms with Crippen molar-refractivity contribution in [1.29, 1.82) is 0 Å². The molecule has 8 heteroatoms. The first-order chi connectivity index (χ1) is 12.1. The van der Waals surface area contributed by atoms with Crippen LogP contribution < -0.4 is 5.32 Å². The maximum absolute atomic E-state index is 14.6. The summed E-state index contributed by atoms with van der Waals surface area (Å²) in [5.74, 6) is -1.33. The summed E-state index contributed by atoms with van der Waals surface area (Å²) in [4.78, 5) is 26.3. The van der Waals surface area contributed by atoms with Gasteiger partial charge in [0.15, 0.2) is 0 Å². The number of rotatable bonds is 3. The maximum atomic E-state index is 14.6. The van der Waals surface area contributed by atoms with Crippen molar-refractivity contribution in [2.45, 2.75) is 49.4 Å². The lowest BCUT2D eigenvalue weighted by atomic mass is 9.77. The smallest absolute Gasteiger partial charge is 0.254 e. The third-order valence-electron chi connectivity index (χ3n) is 5.64. The van der Waals surface area contributed by atoms with Crippen molar-refractivity contribution < 1.29 is 23.5 Å². The van der Waals surface area contributed by atoms with Crippen LogP contribution >= 0.6 is 22.6 Å². The first-order valence-corrected chi connectivity index (χ1v) is 9.64. The van der Waals surface area contributed by atoms with Crippen LogP contribution in [0.4, 0.5) is 8.78 Å². The predicted octanol–water partition coefficient (Wildman–Crippen LogP) is 1.90. The standard InChI is InChI=1S/C18H19F2IN2O3/c1-17(26)4-9(5-17)22-13(24)7-23-8-18(6-12(18)19)14-10(16(23)25)2-3-11(21)15(14)20/h2-3,9,12,26H,4-8H2,1H3,(H,22,24)/t9?,12-,17?,18?/m1/s1. The Labute approximate surface area is 163 Å². The molecule has 1 aliphatic heterocycles. The topological polar surface area (TPSA) is 69.6 Å². The van der Waals surface area contributed by atoms with E-state index >= 15 is 0 Å². The van der Waals surface area contributed by atoms with Gasteiger partial charge in [-0.15, -0.1) is 0 Å². The quantitative estimate of drug-likeness (QED) is 0.656. The summed E-state index contributed by atoms with van der Waals surface area (Å²) < 4.78 is 29.2. The molecule has 26 heavy (non-hydrogen) atoms. The molecule has 140 valence electrons. The second-order valence-corrected chi connectivity index (χ2v) is 9.10.